The van der Waals surface area contributed by atoms with Gasteiger partial charge in [-0.2, -0.15) is 0 Å². The normalized spacial score (nSPS) is 14.4. The van der Waals surface area contributed by atoms with Crippen molar-refractivity contribution in [1.82, 2.24) is 19.3 Å². The van der Waals surface area contributed by atoms with Gasteiger partial charge in [0.25, 0.3) is 0 Å². The second kappa shape index (κ2) is 9.86. The van der Waals surface area contributed by atoms with Gasteiger partial charge in [0, 0.05) is 32.3 Å². The number of ether oxygens (including phenoxy) is 1. The molecule has 1 aliphatic rings. The fourth-order valence-electron chi connectivity index (χ4n) is 4.04. The number of hydrogen-bond acceptors (Lipinski definition) is 6. The van der Waals surface area contributed by atoms with Gasteiger partial charge >= 0.3 is 0 Å². The molecule has 0 spiro atoms. The molecule has 0 bridgehead atoms. The van der Waals surface area contributed by atoms with Gasteiger partial charge in [-0.25, -0.2) is 23.1 Å². The number of nitrogens with two attached hydrogens (primary N) is 1. The summed E-state index contributed by atoms with van der Waals surface area (Å²) >= 11 is 0. The van der Waals surface area contributed by atoms with Gasteiger partial charge in [-0.1, -0.05) is 6.92 Å². The van der Waals surface area contributed by atoms with E-state index in [1.165, 1.54) is 5.56 Å². The highest BCUT2D eigenvalue weighted by atomic mass is 32.2. The third-order valence-electron chi connectivity index (χ3n) is 5.40. The predicted octanol–water partition coefficient (Wildman–Crippen LogP) is 2.19. The van der Waals surface area contributed by atoms with E-state index in [1.807, 2.05) is 6.92 Å². The van der Waals surface area contributed by atoms with Crippen molar-refractivity contribution in [3.63, 3.8) is 0 Å². The third-order valence-corrected chi connectivity index (χ3v) is 6.99. The van der Waals surface area contributed by atoms with Crippen molar-refractivity contribution < 1.29 is 13.2 Å². The summed E-state index contributed by atoms with van der Waals surface area (Å²) in [7, 11) is -1.46. The van der Waals surface area contributed by atoms with E-state index in [9.17, 15) is 8.42 Å². The molecule has 8 nitrogen and oxygen atoms in total. The highest BCUT2D eigenvalue weighted by Gasteiger charge is 2.22. The molecular formula is C20H33N5O3S. The smallest absolute Gasteiger partial charge is 0.211 e. The number of methoxy groups -OCH3 is 1. The van der Waals surface area contributed by atoms with Crippen molar-refractivity contribution in [2.45, 2.75) is 64.8 Å². The summed E-state index contributed by atoms with van der Waals surface area (Å²) in [6.45, 7) is 3.70. The van der Waals surface area contributed by atoms with E-state index in [0.717, 1.165) is 67.6 Å². The Morgan fingerprint density at radius 1 is 1.21 bits per heavy atom. The third kappa shape index (κ3) is 5.26. The molecule has 0 amide bonds. The van der Waals surface area contributed by atoms with Crippen LogP contribution in [-0.4, -0.2) is 49.0 Å². The Kier molecular flexibility index (Phi) is 7.48. The van der Waals surface area contributed by atoms with Gasteiger partial charge in [-0.05, 0) is 50.5 Å². The van der Waals surface area contributed by atoms with Crippen molar-refractivity contribution in [1.29, 1.82) is 0 Å². The number of nitrogens with zero attached hydrogens (tertiary/aromatic N) is 3. The Hall–Kier alpha value is -1.71. The Balaban J connectivity index is 1.80. The van der Waals surface area contributed by atoms with Crippen molar-refractivity contribution in [3.8, 4) is 0 Å². The summed E-state index contributed by atoms with van der Waals surface area (Å²) < 4.78 is 33.8. The van der Waals surface area contributed by atoms with Crippen molar-refractivity contribution >= 4 is 26.9 Å². The monoisotopic (exact) mass is 423 g/mol. The van der Waals surface area contributed by atoms with Crippen molar-refractivity contribution in [2.75, 3.05) is 31.7 Å². The van der Waals surface area contributed by atoms with Gasteiger partial charge in [0.15, 0.2) is 5.82 Å². The van der Waals surface area contributed by atoms with Gasteiger partial charge in [0.1, 0.15) is 11.3 Å². The second-order valence-corrected chi connectivity index (χ2v) is 9.60. The predicted molar refractivity (Wildman–Crippen MR) is 115 cm³/mol. The van der Waals surface area contributed by atoms with E-state index in [4.69, 9.17) is 15.5 Å². The maximum Gasteiger partial charge on any atom is 0.211 e. The molecule has 2 aromatic rings. The topological polar surface area (TPSA) is 112 Å². The SMILES string of the molecule is CCCS(=O)(=O)NCCCCn1c(CCOC)nc2c(N)nc3c(c21)CCCC3. The zero-order valence-electron chi connectivity index (χ0n) is 17.5. The van der Waals surface area contributed by atoms with Gasteiger partial charge in [-0.3, -0.25) is 0 Å². The summed E-state index contributed by atoms with van der Waals surface area (Å²) in [4.78, 5) is 9.43. The molecule has 0 atom stereocenters. The Morgan fingerprint density at radius 3 is 2.76 bits per heavy atom. The van der Waals surface area contributed by atoms with E-state index in [2.05, 4.69) is 14.3 Å². The van der Waals surface area contributed by atoms with Crippen LogP contribution < -0.4 is 10.5 Å². The molecule has 0 fully saturated rings. The lowest BCUT2D eigenvalue weighted by Gasteiger charge is -2.18. The molecule has 3 N–H and O–H groups in total. The molecule has 0 saturated carbocycles. The van der Waals surface area contributed by atoms with Crippen LogP contribution in [0.15, 0.2) is 0 Å². The quantitative estimate of drug-likeness (QED) is 0.536. The van der Waals surface area contributed by atoms with Crippen LogP contribution in [0.3, 0.4) is 0 Å². The van der Waals surface area contributed by atoms with E-state index in [0.29, 0.717) is 31.8 Å². The number of unbranched alkanes of at least 4 members (excludes halogenated alkanes) is 1. The Labute approximate surface area is 173 Å². The van der Waals surface area contributed by atoms with Crippen LogP contribution in [0.4, 0.5) is 5.82 Å². The van der Waals surface area contributed by atoms with Gasteiger partial charge in [-0.15, -0.1) is 0 Å². The minimum atomic E-state index is -3.15. The summed E-state index contributed by atoms with van der Waals surface area (Å²) in [5.74, 6) is 1.64. The number of sulfonamides is 1. The average molecular weight is 424 g/mol. The van der Waals surface area contributed by atoms with Crippen LogP contribution in [0, 0.1) is 0 Å². The maximum absolute atomic E-state index is 11.8. The number of pyridine rings is 1. The molecule has 0 aliphatic heterocycles. The maximum atomic E-state index is 11.8. The van der Waals surface area contributed by atoms with Crippen molar-refractivity contribution in [3.05, 3.63) is 17.1 Å². The van der Waals surface area contributed by atoms with E-state index in [1.54, 1.807) is 7.11 Å². The molecule has 2 heterocycles. The first-order chi connectivity index (χ1) is 14.0. The van der Waals surface area contributed by atoms with Crippen LogP contribution in [-0.2, 0) is 40.6 Å². The lowest BCUT2D eigenvalue weighted by molar-refractivity contribution is 0.199. The molecule has 0 unspecified atom stereocenters. The first kappa shape index (κ1) is 22.0. The Bertz CT molecular complexity index is 939. The number of nitrogen functional groups attached to an aromatic ring is 1. The van der Waals surface area contributed by atoms with Gasteiger partial charge in [0.05, 0.1) is 17.9 Å². The molecule has 2 aromatic heterocycles. The fourth-order valence-corrected chi connectivity index (χ4v) is 5.18. The minimum Gasteiger partial charge on any atom is -0.384 e. The largest absolute Gasteiger partial charge is 0.384 e. The Morgan fingerprint density at radius 2 is 2.00 bits per heavy atom. The van der Waals surface area contributed by atoms with Crippen LogP contribution in [0.25, 0.3) is 11.0 Å². The summed E-state index contributed by atoms with van der Waals surface area (Å²) in [5, 5.41) is 0. The van der Waals surface area contributed by atoms with Crippen LogP contribution in [0.2, 0.25) is 0 Å². The van der Waals surface area contributed by atoms with Crippen molar-refractivity contribution in [2.24, 2.45) is 0 Å². The van der Waals surface area contributed by atoms with Crippen LogP contribution in [0.1, 0.15) is 56.1 Å². The summed E-state index contributed by atoms with van der Waals surface area (Å²) in [5.41, 5.74) is 10.5. The summed E-state index contributed by atoms with van der Waals surface area (Å²) in [6, 6.07) is 0. The zero-order chi connectivity index (χ0) is 20.9. The molecule has 0 radical (unpaired) electrons. The minimum absolute atomic E-state index is 0.179. The highest BCUT2D eigenvalue weighted by Crippen LogP contribution is 2.31. The first-order valence-electron chi connectivity index (χ1n) is 10.6. The van der Waals surface area contributed by atoms with Crippen LogP contribution >= 0.6 is 0 Å². The van der Waals surface area contributed by atoms with E-state index >= 15 is 0 Å². The molecule has 29 heavy (non-hydrogen) atoms. The molecule has 0 saturated heterocycles. The number of nitrogens with one attached hydrogen (secondary N) is 1. The summed E-state index contributed by atoms with van der Waals surface area (Å²) in [6.07, 6.45) is 7.24. The fraction of sp³-hybridized carbons (Fsp3) is 0.700. The van der Waals surface area contributed by atoms with E-state index in [-0.39, 0.29) is 5.75 Å². The molecule has 0 aromatic carbocycles. The lowest BCUT2D eigenvalue weighted by atomic mass is 9.95. The first-order valence-corrected chi connectivity index (χ1v) is 12.2. The molecule has 3 rings (SSSR count). The number of rotatable bonds is 11. The number of aryl methyl sites for hydroxylation is 3. The molecule has 162 valence electrons. The molecule has 9 heteroatoms. The number of anilines is 1. The number of hydrogen-bond donors (Lipinski definition) is 2. The lowest BCUT2D eigenvalue weighted by Crippen LogP contribution is -2.27. The van der Waals surface area contributed by atoms with Gasteiger partial charge in [0.2, 0.25) is 10.0 Å². The zero-order valence-corrected chi connectivity index (χ0v) is 18.4. The average Bonchev–Trinajstić information content (AvgIpc) is 3.05. The van der Waals surface area contributed by atoms with Gasteiger partial charge < -0.3 is 15.0 Å². The number of fused-ring (bicyclic) bond motifs is 3. The highest BCUT2D eigenvalue weighted by molar-refractivity contribution is 7.89. The number of aromatic nitrogens is 3. The number of imidazole rings is 1. The standard InChI is InChI=1S/C20H33N5O3S/c1-3-14-29(26,27)22-11-6-7-12-25-17(10-13-28-2)24-18-19(25)15-8-4-5-9-16(15)23-20(18)21/h22H,3-14H2,1-2H3,(H2,21,23). The van der Waals surface area contributed by atoms with Crippen LogP contribution in [0.5, 0.6) is 0 Å². The van der Waals surface area contributed by atoms with E-state index < -0.39 is 10.0 Å². The molecular weight excluding hydrogens is 390 g/mol. The second-order valence-electron chi connectivity index (χ2n) is 7.67. The molecule has 1 aliphatic carbocycles.